The fraction of sp³-hybridized carbons (Fsp3) is 0.455. The predicted octanol–water partition coefficient (Wildman–Crippen LogP) is 0.954. The zero-order chi connectivity index (χ0) is 11.8. The standard InChI is InChI=1S/C11H14N6/c1-7(12)10-15-9(8-3-4-8)16-17(10)11-13-5-2-6-14-11/h2,5-8H,3-4,12H2,1H3. The molecule has 88 valence electrons. The van der Waals surface area contributed by atoms with Crippen molar-refractivity contribution in [1.82, 2.24) is 24.7 Å². The number of nitrogens with two attached hydrogens (primary N) is 1. The SMILES string of the molecule is CC(N)c1nc(C2CC2)nn1-c1ncccn1. The summed E-state index contributed by atoms with van der Waals surface area (Å²) in [4.78, 5) is 12.9. The molecule has 1 fully saturated rings. The van der Waals surface area contributed by atoms with Gasteiger partial charge in [-0.1, -0.05) is 0 Å². The molecule has 2 heterocycles. The molecule has 1 atom stereocenters. The van der Waals surface area contributed by atoms with Gasteiger partial charge in [-0.2, -0.15) is 4.68 Å². The molecule has 1 aliphatic carbocycles. The fourth-order valence-corrected chi connectivity index (χ4v) is 1.70. The average molecular weight is 230 g/mol. The molecule has 2 N–H and O–H groups in total. The van der Waals surface area contributed by atoms with E-state index in [2.05, 4.69) is 20.1 Å². The minimum atomic E-state index is -0.182. The summed E-state index contributed by atoms with van der Waals surface area (Å²) in [5.74, 6) is 2.61. The third-order valence-corrected chi connectivity index (χ3v) is 2.74. The number of aromatic nitrogens is 5. The lowest BCUT2D eigenvalue weighted by Crippen LogP contribution is -2.14. The highest BCUT2D eigenvalue weighted by molar-refractivity contribution is 5.16. The molecular weight excluding hydrogens is 216 g/mol. The molecule has 0 amide bonds. The van der Waals surface area contributed by atoms with Gasteiger partial charge in [0.2, 0.25) is 0 Å². The van der Waals surface area contributed by atoms with Crippen LogP contribution in [-0.4, -0.2) is 24.7 Å². The molecule has 0 aromatic carbocycles. The lowest BCUT2D eigenvalue weighted by Gasteiger charge is -2.05. The van der Waals surface area contributed by atoms with Crippen molar-refractivity contribution in [2.24, 2.45) is 5.73 Å². The Kier molecular flexibility index (Phi) is 2.36. The Balaban J connectivity index is 2.07. The van der Waals surface area contributed by atoms with Gasteiger partial charge < -0.3 is 5.73 Å². The summed E-state index contributed by atoms with van der Waals surface area (Å²) in [7, 11) is 0. The van der Waals surface area contributed by atoms with Crippen LogP contribution in [0.4, 0.5) is 0 Å². The molecule has 1 saturated carbocycles. The minimum Gasteiger partial charge on any atom is -0.322 e. The van der Waals surface area contributed by atoms with Gasteiger partial charge in [0.05, 0.1) is 6.04 Å². The zero-order valence-corrected chi connectivity index (χ0v) is 9.61. The molecule has 0 radical (unpaired) electrons. The molecule has 3 rings (SSSR count). The van der Waals surface area contributed by atoms with Crippen molar-refractivity contribution in [2.45, 2.75) is 31.7 Å². The first kappa shape index (κ1) is 10.3. The summed E-state index contributed by atoms with van der Waals surface area (Å²) in [6, 6.07) is 1.59. The second kappa shape index (κ2) is 3.89. The van der Waals surface area contributed by atoms with Crippen molar-refractivity contribution in [3.05, 3.63) is 30.1 Å². The van der Waals surface area contributed by atoms with E-state index < -0.39 is 0 Å². The quantitative estimate of drug-likeness (QED) is 0.849. The highest BCUT2D eigenvalue weighted by atomic mass is 15.4. The second-order valence-electron chi connectivity index (χ2n) is 4.35. The number of hydrogen-bond donors (Lipinski definition) is 1. The van der Waals surface area contributed by atoms with E-state index in [-0.39, 0.29) is 6.04 Å². The summed E-state index contributed by atoms with van der Waals surface area (Å²) in [6.45, 7) is 1.89. The van der Waals surface area contributed by atoms with Crippen LogP contribution in [0.5, 0.6) is 0 Å². The number of rotatable bonds is 3. The van der Waals surface area contributed by atoms with Crippen LogP contribution in [-0.2, 0) is 0 Å². The van der Waals surface area contributed by atoms with Gasteiger partial charge in [0.1, 0.15) is 0 Å². The molecule has 0 bridgehead atoms. The van der Waals surface area contributed by atoms with Crippen molar-refractivity contribution in [3.63, 3.8) is 0 Å². The summed E-state index contributed by atoms with van der Waals surface area (Å²) < 4.78 is 1.65. The maximum atomic E-state index is 5.91. The molecule has 0 aliphatic heterocycles. The Morgan fingerprint density at radius 2 is 2.06 bits per heavy atom. The molecule has 6 nitrogen and oxygen atoms in total. The van der Waals surface area contributed by atoms with E-state index in [0.717, 1.165) is 24.5 Å². The highest BCUT2D eigenvalue weighted by Crippen LogP contribution is 2.38. The van der Waals surface area contributed by atoms with Crippen LogP contribution in [0.1, 0.15) is 43.4 Å². The van der Waals surface area contributed by atoms with Gasteiger partial charge in [0.25, 0.3) is 5.95 Å². The maximum absolute atomic E-state index is 5.91. The van der Waals surface area contributed by atoms with Gasteiger partial charge in [0.15, 0.2) is 11.6 Å². The van der Waals surface area contributed by atoms with Crippen LogP contribution in [0.3, 0.4) is 0 Å². The van der Waals surface area contributed by atoms with E-state index in [9.17, 15) is 0 Å². The first-order chi connectivity index (χ1) is 8.25. The van der Waals surface area contributed by atoms with Crippen LogP contribution in [0.15, 0.2) is 18.5 Å². The van der Waals surface area contributed by atoms with Gasteiger partial charge in [-0.25, -0.2) is 15.0 Å². The van der Waals surface area contributed by atoms with Crippen molar-refractivity contribution in [3.8, 4) is 5.95 Å². The van der Waals surface area contributed by atoms with Crippen molar-refractivity contribution < 1.29 is 0 Å². The fourth-order valence-electron chi connectivity index (χ4n) is 1.70. The largest absolute Gasteiger partial charge is 0.322 e. The number of hydrogen-bond acceptors (Lipinski definition) is 5. The van der Waals surface area contributed by atoms with Gasteiger partial charge in [-0.3, -0.25) is 0 Å². The lowest BCUT2D eigenvalue weighted by molar-refractivity contribution is 0.668. The minimum absolute atomic E-state index is 0.182. The van der Waals surface area contributed by atoms with Gasteiger partial charge in [-0.05, 0) is 25.8 Å². The third kappa shape index (κ3) is 1.91. The monoisotopic (exact) mass is 230 g/mol. The molecule has 0 saturated heterocycles. The van der Waals surface area contributed by atoms with E-state index in [1.54, 1.807) is 23.1 Å². The summed E-state index contributed by atoms with van der Waals surface area (Å²) in [5.41, 5.74) is 5.91. The van der Waals surface area contributed by atoms with E-state index in [0.29, 0.717) is 11.9 Å². The molecule has 6 heteroatoms. The van der Waals surface area contributed by atoms with E-state index in [4.69, 9.17) is 5.73 Å². The second-order valence-corrected chi connectivity index (χ2v) is 4.35. The average Bonchev–Trinajstić information content (AvgIpc) is 3.09. The van der Waals surface area contributed by atoms with Crippen molar-refractivity contribution >= 4 is 0 Å². The van der Waals surface area contributed by atoms with E-state index >= 15 is 0 Å². The van der Waals surface area contributed by atoms with Gasteiger partial charge in [0, 0.05) is 18.3 Å². The van der Waals surface area contributed by atoms with E-state index in [1.165, 1.54) is 0 Å². The molecule has 17 heavy (non-hydrogen) atoms. The van der Waals surface area contributed by atoms with Crippen LogP contribution >= 0.6 is 0 Å². The Morgan fingerprint density at radius 1 is 1.35 bits per heavy atom. The smallest absolute Gasteiger partial charge is 0.252 e. The molecule has 0 spiro atoms. The maximum Gasteiger partial charge on any atom is 0.252 e. The molecule has 1 unspecified atom stereocenters. The van der Waals surface area contributed by atoms with Crippen LogP contribution in [0.25, 0.3) is 5.95 Å². The van der Waals surface area contributed by atoms with Gasteiger partial charge >= 0.3 is 0 Å². The third-order valence-electron chi connectivity index (χ3n) is 2.74. The van der Waals surface area contributed by atoms with Crippen LogP contribution < -0.4 is 5.73 Å². The topological polar surface area (TPSA) is 82.5 Å². The predicted molar refractivity (Wildman–Crippen MR) is 61.5 cm³/mol. The molecule has 1 aliphatic rings. The van der Waals surface area contributed by atoms with E-state index in [1.807, 2.05) is 6.92 Å². The van der Waals surface area contributed by atoms with Crippen molar-refractivity contribution in [2.75, 3.05) is 0 Å². The normalized spacial score (nSPS) is 17.1. The molecule has 2 aromatic rings. The summed E-state index contributed by atoms with van der Waals surface area (Å²) in [6.07, 6.45) is 5.70. The molecule has 2 aromatic heterocycles. The first-order valence-corrected chi connectivity index (χ1v) is 5.75. The lowest BCUT2D eigenvalue weighted by atomic mass is 10.3. The number of nitrogens with zero attached hydrogens (tertiary/aromatic N) is 5. The van der Waals surface area contributed by atoms with Gasteiger partial charge in [-0.15, -0.1) is 5.10 Å². The molecular formula is C11H14N6. The van der Waals surface area contributed by atoms with Crippen molar-refractivity contribution in [1.29, 1.82) is 0 Å². The summed E-state index contributed by atoms with van der Waals surface area (Å²) in [5, 5.41) is 4.46. The highest BCUT2D eigenvalue weighted by Gasteiger charge is 2.30. The Hall–Kier alpha value is -1.82. The first-order valence-electron chi connectivity index (χ1n) is 5.75. The van der Waals surface area contributed by atoms with Crippen LogP contribution in [0, 0.1) is 0 Å². The summed E-state index contributed by atoms with van der Waals surface area (Å²) >= 11 is 0. The Bertz CT molecular complexity index is 514. The van der Waals surface area contributed by atoms with Crippen LogP contribution in [0.2, 0.25) is 0 Å². The zero-order valence-electron chi connectivity index (χ0n) is 9.61. The Morgan fingerprint density at radius 3 is 2.65 bits per heavy atom. The Labute approximate surface area is 98.9 Å².